The van der Waals surface area contributed by atoms with Crippen LogP contribution in [0.1, 0.15) is 51.0 Å². The third kappa shape index (κ3) is 8.61. The zero-order valence-electron chi connectivity index (χ0n) is 26.2. The SMILES string of the molecule is CCOC(=O)c1ccc(Oc2ccc3c(c2)B(O)OC3C[N+](=O)[O-])cc1.O=C(O)c1ccc(Oc2ccc3c(c2)B(O)OC3C[N+](=O)[O-])cc1. The number of nitro groups is 2. The van der Waals surface area contributed by atoms with Gasteiger partial charge in [-0.2, -0.15) is 0 Å². The van der Waals surface area contributed by atoms with E-state index in [9.17, 15) is 39.9 Å². The summed E-state index contributed by atoms with van der Waals surface area (Å²) >= 11 is 0. The van der Waals surface area contributed by atoms with Crippen molar-refractivity contribution >= 4 is 37.1 Å². The van der Waals surface area contributed by atoms with E-state index in [1.807, 2.05) is 0 Å². The minimum atomic E-state index is -1.25. The molecule has 6 rings (SSSR count). The second-order valence-corrected chi connectivity index (χ2v) is 10.8. The van der Waals surface area contributed by atoms with Crippen LogP contribution in [0.2, 0.25) is 0 Å². The van der Waals surface area contributed by atoms with E-state index in [0.717, 1.165) is 0 Å². The number of esters is 1. The minimum absolute atomic E-state index is 0.141. The number of fused-ring (bicyclic) bond motifs is 2. The molecule has 2 unspecified atom stereocenters. The van der Waals surface area contributed by atoms with Gasteiger partial charge in [0.2, 0.25) is 13.1 Å². The molecule has 256 valence electrons. The Morgan fingerprint density at radius 3 is 1.48 bits per heavy atom. The number of hydrogen-bond donors (Lipinski definition) is 3. The summed E-state index contributed by atoms with van der Waals surface area (Å²) in [5, 5.41) is 50.0. The maximum absolute atomic E-state index is 11.6. The summed E-state index contributed by atoms with van der Waals surface area (Å²) in [6, 6.07) is 21.9. The highest BCUT2D eigenvalue weighted by atomic mass is 16.6. The Kier molecular flexibility index (Phi) is 11.1. The van der Waals surface area contributed by atoms with Crippen LogP contribution in [0, 0.1) is 20.2 Å². The smallest absolute Gasteiger partial charge is 0.478 e. The third-order valence-electron chi connectivity index (χ3n) is 7.50. The summed E-state index contributed by atoms with van der Waals surface area (Å²) in [7, 11) is -2.48. The minimum Gasteiger partial charge on any atom is -0.478 e. The molecule has 0 bridgehead atoms. The second kappa shape index (κ2) is 15.6. The van der Waals surface area contributed by atoms with Gasteiger partial charge in [-0.15, -0.1) is 0 Å². The lowest BCUT2D eigenvalue weighted by Gasteiger charge is -2.09. The van der Waals surface area contributed by atoms with Crippen LogP contribution in [-0.2, 0) is 14.0 Å². The molecular weight excluding hydrogens is 658 g/mol. The van der Waals surface area contributed by atoms with Crippen LogP contribution in [0.15, 0.2) is 84.9 Å². The van der Waals surface area contributed by atoms with E-state index in [1.54, 1.807) is 67.6 Å². The largest absolute Gasteiger partial charge is 0.492 e. The van der Waals surface area contributed by atoms with Gasteiger partial charge in [-0.05, 0) is 102 Å². The number of ether oxygens (including phenoxy) is 3. The first-order chi connectivity index (χ1) is 23.9. The molecule has 0 spiro atoms. The Labute approximate surface area is 284 Å². The maximum Gasteiger partial charge on any atom is 0.492 e. The maximum atomic E-state index is 11.6. The lowest BCUT2D eigenvalue weighted by Crippen LogP contribution is -2.28. The van der Waals surface area contributed by atoms with E-state index in [2.05, 4.69) is 0 Å². The van der Waals surface area contributed by atoms with Gasteiger partial charge in [0, 0.05) is 9.85 Å². The van der Waals surface area contributed by atoms with Gasteiger partial charge in [0.25, 0.3) is 0 Å². The predicted octanol–water partition coefficient (Wildman–Crippen LogP) is 2.90. The molecule has 0 radical (unpaired) electrons. The Bertz CT molecular complexity index is 1890. The Morgan fingerprint density at radius 2 is 1.10 bits per heavy atom. The van der Waals surface area contributed by atoms with E-state index in [0.29, 0.717) is 57.2 Å². The van der Waals surface area contributed by atoms with E-state index in [4.69, 9.17) is 28.6 Å². The van der Waals surface area contributed by atoms with Crippen molar-refractivity contribution in [3.8, 4) is 23.0 Å². The summed E-state index contributed by atoms with van der Waals surface area (Å²) in [6.45, 7) is 1.19. The average molecular weight is 686 g/mol. The van der Waals surface area contributed by atoms with Crippen LogP contribution in [0.4, 0.5) is 0 Å². The van der Waals surface area contributed by atoms with Crippen LogP contribution >= 0.6 is 0 Å². The molecular formula is C32H28B2N2O14. The van der Waals surface area contributed by atoms with Crippen LogP contribution in [0.5, 0.6) is 23.0 Å². The fraction of sp³-hybridized carbons (Fsp3) is 0.188. The molecule has 0 fully saturated rings. The molecule has 0 amide bonds. The number of carbonyl (C=O) groups excluding carboxylic acids is 1. The van der Waals surface area contributed by atoms with E-state index < -0.39 is 61.3 Å². The zero-order chi connectivity index (χ0) is 35.9. The molecule has 2 heterocycles. The number of carboxylic acids is 1. The van der Waals surface area contributed by atoms with Gasteiger partial charge in [-0.3, -0.25) is 20.2 Å². The van der Waals surface area contributed by atoms with Crippen molar-refractivity contribution in [2.75, 3.05) is 19.7 Å². The van der Waals surface area contributed by atoms with Gasteiger partial charge in [0.05, 0.1) is 17.7 Å². The van der Waals surface area contributed by atoms with Gasteiger partial charge >= 0.3 is 26.2 Å². The first-order valence-corrected chi connectivity index (χ1v) is 15.1. The number of nitrogens with zero attached hydrogens (tertiary/aromatic N) is 2. The van der Waals surface area contributed by atoms with Gasteiger partial charge in [-0.25, -0.2) is 9.59 Å². The van der Waals surface area contributed by atoms with Crippen LogP contribution < -0.4 is 20.4 Å². The summed E-state index contributed by atoms with van der Waals surface area (Å²) in [5.41, 5.74) is 2.54. The lowest BCUT2D eigenvalue weighted by molar-refractivity contribution is -0.490. The molecule has 2 aliphatic rings. The molecule has 16 nitrogen and oxygen atoms in total. The monoisotopic (exact) mass is 686 g/mol. The van der Waals surface area contributed by atoms with E-state index in [1.165, 1.54) is 24.3 Å². The topological polar surface area (TPSA) is 227 Å². The summed E-state index contributed by atoms with van der Waals surface area (Å²) in [5.74, 6) is 0.326. The molecule has 4 aromatic rings. The average Bonchev–Trinajstić information content (AvgIpc) is 3.55. The fourth-order valence-corrected chi connectivity index (χ4v) is 5.22. The number of rotatable bonds is 11. The van der Waals surface area contributed by atoms with Crippen LogP contribution in [-0.4, -0.2) is 70.9 Å². The predicted molar refractivity (Wildman–Crippen MR) is 175 cm³/mol. The third-order valence-corrected chi connectivity index (χ3v) is 7.50. The Hall–Kier alpha value is -5.81. The van der Waals surface area contributed by atoms with Crippen molar-refractivity contribution in [3.05, 3.63) is 127 Å². The number of aromatic carboxylic acids is 1. The second-order valence-electron chi connectivity index (χ2n) is 10.8. The molecule has 0 aromatic heterocycles. The first-order valence-electron chi connectivity index (χ1n) is 15.1. The van der Waals surface area contributed by atoms with Crippen molar-refractivity contribution in [1.29, 1.82) is 0 Å². The normalized spacial score (nSPS) is 15.7. The van der Waals surface area contributed by atoms with E-state index >= 15 is 0 Å². The standard InChI is InChI=1S/C17H16BNO7.C15H12BNO7/c1-2-24-17(20)11-3-5-12(6-4-11)25-13-7-8-14-15(9-13)18(21)26-16(14)10-19(22)23;18-15(19)9-1-3-10(4-2-9)23-11-5-6-12-13(7-11)16(20)24-14(12)8-17(21)22/h3-9,16,21H,2,10H2,1H3;1-7,14,20H,8H2,(H,18,19). The highest BCUT2D eigenvalue weighted by Crippen LogP contribution is 2.30. The highest BCUT2D eigenvalue weighted by molar-refractivity contribution is 6.62. The summed E-state index contributed by atoms with van der Waals surface area (Å²) in [4.78, 5) is 42.8. The molecule has 0 aliphatic carbocycles. The number of carbonyl (C=O) groups is 2. The zero-order valence-corrected chi connectivity index (χ0v) is 26.2. The van der Waals surface area contributed by atoms with Crippen molar-refractivity contribution in [1.82, 2.24) is 0 Å². The molecule has 2 aliphatic heterocycles. The number of hydrogen-bond acceptors (Lipinski definition) is 13. The van der Waals surface area contributed by atoms with E-state index in [-0.39, 0.29) is 5.56 Å². The van der Waals surface area contributed by atoms with Gasteiger partial charge in [0.15, 0.2) is 0 Å². The molecule has 4 aromatic carbocycles. The van der Waals surface area contributed by atoms with Crippen molar-refractivity contribution in [3.63, 3.8) is 0 Å². The van der Waals surface area contributed by atoms with Crippen molar-refractivity contribution in [2.24, 2.45) is 0 Å². The van der Waals surface area contributed by atoms with Gasteiger partial charge < -0.3 is 38.7 Å². The fourth-order valence-electron chi connectivity index (χ4n) is 5.22. The number of carboxylic acid groups (broad SMARTS) is 1. The molecule has 50 heavy (non-hydrogen) atoms. The quantitative estimate of drug-likeness (QED) is 0.0893. The summed E-state index contributed by atoms with van der Waals surface area (Å²) in [6.07, 6.45) is -1.58. The molecule has 0 saturated heterocycles. The first kappa shape index (κ1) is 35.5. The number of benzene rings is 4. The Balaban J connectivity index is 0.000000195. The molecule has 18 heteroatoms. The van der Waals surface area contributed by atoms with Gasteiger partial charge in [0.1, 0.15) is 35.2 Å². The van der Waals surface area contributed by atoms with Crippen molar-refractivity contribution < 1.29 is 58.1 Å². The van der Waals surface area contributed by atoms with Gasteiger partial charge in [-0.1, -0.05) is 12.1 Å². The highest BCUT2D eigenvalue weighted by Gasteiger charge is 2.39. The molecule has 2 atom stereocenters. The lowest BCUT2D eigenvalue weighted by atomic mass is 9.79. The van der Waals surface area contributed by atoms with Crippen LogP contribution in [0.3, 0.4) is 0 Å². The van der Waals surface area contributed by atoms with Crippen LogP contribution in [0.25, 0.3) is 0 Å². The molecule has 3 N–H and O–H groups in total. The Morgan fingerprint density at radius 1 is 0.700 bits per heavy atom. The van der Waals surface area contributed by atoms with Crippen molar-refractivity contribution in [2.45, 2.75) is 19.1 Å². The summed E-state index contributed by atoms with van der Waals surface area (Å²) < 4.78 is 26.6. The molecule has 0 saturated carbocycles.